The van der Waals surface area contributed by atoms with Crippen LogP contribution in [0.2, 0.25) is 0 Å². The first-order valence-electron chi connectivity index (χ1n) is 6.04. The Bertz CT molecular complexity index is 685. The van der Waals surface area contributed by atoms with Crippen LogP contribution in [0.1, 0.15) is 11.1 Å². The topological polar surface area (TPSA) is 22.1 Å². The molecule has 2 nitrogen and oxygen atoms in total. The summed E-state index contributed by atoms with van der Waals surface area (Å²) in [6.07, 6.45) is 0.892. The van der Waals surface area contributed by atoms with Crippen molar-refractivity contribution in [1.29, 1.82) is 0 Å². The van der Waals surface area contributed by atoms with Gasteiger partial charge in [-0.25, -0.2) is 4.98 Å². The van der Waals surface area contributed by atoms with Crippen LogP contribution in [0.15, 0.2) is 54.6 Å². The van der Waals surface area contributed by atoms with Gasteiger partial charge in [0.1, 0.15) is 5.75 Å². The molecule has 0 atom stereocenters. The molecule has 0 amide bonds. The molecule has 0 bridgehead atoms. The molecule has 1 aromatic heterocycles. The Morgan fingerprint density at radius 1 is 0.889 bits per heavy atom. The van der Waals surface area contributed by atoms with Crippen LogP contribution in [0, 0.1) is 0 Å². The summed E-state index contributed by atoms with van der Waals surface area (Å²) in [6.45, 7) is 0. The lowest BCUT2D eigenvalue weighted by Crippen LogP contribution is -2.04. The molecule has 2 heteroatoms. The molecule has 0 radical (unpaired) electrons. The molecule has 0 fully saturated rings. The van der Waals surface area contributed by atoms with E-state index in [-0.39, 0.29) is 0 Å². The van der Waals surface area contributed by atoms with Crippen LogP contribution in [0.5, 0.6) is 11.6 Å². The van der Waals surface area contributed by atoms with Gasteiger partial charge in [0, 0.05) is 17.4 Å². The fraction of sp³-hybridized carbons (Fsp3) is 0.0625. The zero-order valence-electron chi connectivity index (χ0n) is 9.76. The van der Waals surface area contributed by atoms with E-state index in [1.54, 1.807) is 0 Å². The van der Waals surface area contributed by atoms with Gasteiger partial charge in [-0.2, -0.15) is 0 Å². The second-order valence-electron chi connectivity index (χ2n) is 4.53. The molecule has 0 aliphatic carbocycles. The molecular formula is C16H11NO. The normalized spacial score (nSPS) is 12.7. The number of hydrogen-bond acceptors (Lipinski definition) is 2. The molecule has 0 spiro atoms. The predicted molar refractivity (Wildman–Crippen MR) is 71.1 cm³/mol. The highest BCUT2D eigenvalue weighted by Crippen LogP contribution is 2.36. The number of aromatic nitrogens is 1. The molecule has 18 heavy (non-hydrogen) atoms. The summed E-state index contributed by atoms with van der Waals surface area (Å²) in [5.41, 5.74) is 3.37. The largest absolute Gasteiger partial charge is 0.438 e. The van der Waals surface area contributed by atoms with E-state index in [1.165, 1.54) is 10.9 Å². The molecule has 0 saturated carbocycles. The Morgan fingerprint density at radius 2 is 1.72 bits per heavy atom. The SMILES string of the molecule is c1ccc2c(c1)Cc1cc3ccccc3nc1O2. The highest BCUT2D eigenvalue weighted by atomic mass is 16.5. The van der Waals surface area contributed by atoms with E-state index < -0.39 is 0 Å². The van der Waals surface area contributed by atoms with Gasteiger partial charge in [-0.05, 0) is 23.8 Å². The van der Waals surface area contributed by atoms with Crippen LogP contribution >= 0.6 is 0 Å². The zero-order chi connectivity index (χ0) is 11.9. The Hall–Kier alpha value is -2.35. The van der Waals surface area contributed by atoms with Crippen molar-refractivity contribution < 1.29 is 4.74 Å². The zero-order valence-corrected chi connectivity index (χ0v) is 9.76. The van der Waals surface area contributed by atoms with Gasteiger partial charge in [-0.3, -0.25) is 0 Å². The Morgan fingerprint density at radius 3 is 2.72 bits per heavy atom. The van der Waals surface area contributed by atoms with Crippen molar-refractivity contribution in [2.75, 3.05) is 0 Å². The number of fused-ring (bicyclic) bond motifs is 3. The van der Waals surface area contributed by atoms with Crippen molar-refractivity contribution in [2.45, 2.75) is 6.42 Å². The van der Waals surface area contributed by atoms with Crippen molar-refractivity contribution in [3.63, 3.8) is 0 Å². The minimum Gasteiger partial charge on any atom is -0.438 e. The van der Waals surface area contributed by atoms with Crippen LogP contribution in [0.25, 0.3) is 10.9 Å². The van der Waals surface area contributed by atoms with Gasteiger partial charge in [-0.1, -0.05) is 36.4 Å². The first-order valence-corrected chi connectivity index (χ1v) is 6.04. The standard InChI is InChI=1S/C16H11NO/c1-3-7-14-11(5-1)9-13-10-12-6-2-4-8-15(12)18-16(13)17-14/h1-9H,10H2. The van der Waals surface area contributed by atoms with Gasteiger partial charge in [0.05, 0.1) is 5.52 Å². The second kappa shape index (κ2) is 3.57. The van der Waals surface area contributed by atoms with Gasteiger partial charge in [0.25, 0.3) is 0 Å². The number of ether oxygens (including phenoxy) is 1. The minimum absolute atomic E-state index is 0.743. The van der Waals surface area contributed by atoms with Crippen LogP contribution < -0.4 is 4.74 Å². The van der Waals surface area contributed by atoms with E-state index in [2.05, 4.69) is 23.2 Å². The van der Waals surface area contributed by atoms with E-state index in [9.17, 15) is 0 Å². The highest BCUT2D eigenvalue weighted by Gasteiger charge is 2.18. The number of rotatable bonds is 0. The van der Waals surface area contributed by atoms with Crippen molar-refractivity contribution >= 4 is 10.9 Å². The van der Waals surface area contributed by atoms with Crippen molar-refractivity contribution in [1.82, 2.24) is 4.98 Å². The lowest BCUT2D eigenvalue weighted by atomic mass is 10.0. The molecule has 0 N–H and O–H groups in total. The van der Waals surface area contributed by atoms with Gasteiger partial charge in [0.2, 0.25) is 5.88 Å². The number of nitrogens with zero attached hydrogens (tertiary/aromatic N) is 1. The van der Waals surface area contributed by atoms with Crippen LogP contribution in [0.4, 0.5) is 0 Å². The average Bonchev–Trinajstić information content (AvgIpc) is 2.42. The summed E-state index contributed by atoms with van der Waals surface area (Å²) in [6, 6.07) is 18.4. The third-order valence-electron chi connectivity index (χ3n) is 3.32. The first-order chi connectivity index (χ1) is 8.90. The third-order valence-corrected chi connectivity index (χ3v) is 3.32. The summed E-state index contributed by atoms with van der Waals surface area (Å²) in [5.74, 6) is 1.67. The quantitative estimate of drug-likeness (QED) is 0.459. The molecule has 1 aliphatic heterocycles. The summed E-state index contributed by atoms with van der Waals surface area (Å²) >= 11 is 0. The van der Waals surface area contributed by atoms with Crippen molar-refractivity contribution in [3.05, 3.63) is 65.7 Å². The molecule has 0 unspecified atom stereocenters. The second-order valence-corrected chi connectivity index (χ2v) is 4.53. The number of hydrogen-bond donors (Lipinski definition) is 0. The summed E-state index contributed by atoms with van der Waals surface area (Å²) in [4.78, 5) is 4.59. The maximum atomic E-state index is 5.87. The van der Waals surface area contributed by atoms with Gasteiger partial charge in [0.15, 0.2) is 0 Å². The predicted octanol–water partition coefficient (Wildman–Crippen LogP) is 3.93. The van der Waals surface area contributed by atoms with E-state index in [4.69, 9.17) is 4.74 Å². The maximum absolute atomic E-state index is 5.87. The highest BCUT2D eigenvalue weighted by molar-refractivity contribution is 5.80. The summed E-state index contributed by atoms with van der Waals surface area (Å²) in [7, 11) is 0. The smallest absolute Gasteiger partial charge is 0.223 e. The maximum Gasteiger partial charge on any atom is 0.223 e. The van der Waals surface area contributed by atoms with Gasteiger partial charge < -0.3 is 4.74 Å². The Labute approximate surface area is 105 Å². The average molecular weight is 233 g/mol. The van der Waals surface area contributed by atoms with Gasteiger partial charge in [-0.15, -0.1) is 0 Å². The lowest BCUT2D eigenvalue weighted by Gasteiger charge is -2.19. The first kappa shape index (κ1) is 9.66. The van der Waals surface area contributed by atoms with E-state index in [1.807, 2.05) is 36.4 Å². The molecule has 0 saturated heterocycles. The molecular weight excluding hydrogens is 222 g/mol. The van der Waals surface area contributed by atoms with E-state index >= 15 is 0 Å². The monoisotopic (exact) mass is 233 g/mol. The van der Waals surface area contributed by atoms with E-state index in [0.29, 0.717) is 0 Å². The van der Waals surface area contributed by atoms with Crippen LogP contribution in [0.3, 0.4) is 0 Å². The van der Waals surface area contributed by atoms with Crippen molar-refractivity contribution in [2.24, 2.45) is 0 Å². The van der Waals surface area contributed by atoms with Crippen molar-refractivity contribution in [3.8, 4) is 11.6 Å². The molecule has 86 valence electrons. The molecule has 3 aromatic rings. The molecule has 1 aliphatic rings. The number of pyridine rings is 1. The van der Waals surface area contributed by atoms with Crippen LogP contribution in [-0.4, -0.2) is 4.98 Å². The van der Waals surface area contributed by atoms with E-state index in [0.717, 1.165) is 29.1 Å². The van der Waals surface area contributed by atoms with Gasteiger partial charge >= 0.3 is 0 Å². The number of benzene rings is 2. The fourth-order valence-corrected chi connectivity index (χ4v) is 2.42. The number of para-hydroxylation sites is 2. The molecule has 2 heterocycles. The fourth-order valence-electron chi connectivity index (χ4n) is 2.42. The van der Waals surface area contributed by atoms with Crippen LogP contribution in [-0.2, 0) is 6.42 Å². The Kier molecular flexibility index (Phi) is 1.92. The summed E-state index contributed by atoms with van der Waals surface area (Å²) in [5, 5.41) is 1.17. The minimum atomic E-state index is 0.743. The lowest BCUT2D eigenvalue weighted by molar-refractivity contribution is 0.443. The Balaban J connectivity index is 1.92. The molecule has 4 rings (SSSR count). The molecule has 2 aromatic carbocycles. The third kappa shape index (κ3) is 1.39. The summed E-state index contributed by atoms with van der Waals surface area (Å²) < 4.78 is 5.87.